The molecular weight excluding hydrogens is 212 g/mol. The maximum Gasteiger partial charge on any atom is 0.241 e. The Bertz CT molecular complexity index is 384. The lowest BCUT2D eigenvalue weighted by molar-refractivity contribution is -0.128. The van der Waals surface area contributed by atoms with Gasteiger partial charge in [-0.15, -0.1) is 0 Å². The summed E-state index contributed by atoms with van der Waals surface area (Å²) in [7, 11) is 0. The quantitative estimate of drug-likeness (QED) is 0.849. The molecule has 94 valence electrons. The van der Waals surface area contributed by atoms with Crippen molar-refractivity contribution in [2.75, 3.05) is 25.0 Å². The van der Waals surface area contributed by atoms with Crippen LogP contribution in [-0.2, 0) is 4.79 Å². The van der Waals surface area contributed by atoms with E-state index < -0.39 is 0 Å². The zero-order valence-corrected chi connectivity index (χ0v) is 11.2. The maximum atomic E-state index is 11.8. The molecule has 0 saturated carbocycles. The van der Waals surface area contributed by atoms with E-state index in [1.54, 1.807) is 0 Å². The number of aryl methyl sites for hydroxylation is 2. The number of amides is 1. The lowest BCUT2D eigenvalue weighted by Crippen LogP contribution is -2.35. The summed E-state index contributed by atoms with van der Waals surface area (Å²) < 4.78 is 0. The minimum Gasteiger partial charge on any atom is -0.376 e. The molecule has 1 aromatic rings. The van der Waals surface area contributed by atoms with Crippen molar-refractivity contribution in [2.45, 2.75) is 27.7 Å². The van der Waals surface area contributed by atoms with Gasteiger partial charge in [0.25, 0.3) is 0 Å². The average Bonchev–Trinajstić information content (AvgIpc) is 2.32. The van der Waals surface area contributed by atoms with Crippen molar-refractivity contribution in [3.05, 3.63) is 29.3 Å². The summed E-state index contributed by atoms with van der Waals surface area (Å²) in [5, 5.41) is 3.21. The minimum absolute atomic E-state index is 0.149. The maximum absolute atomic E-state index is 11.8. The first kappa shape index (κ1) is 13.6. The van der Waals surface area contributed by atoms with Crippen LogP contribution >= 0.6 is 0 Å². The van der Waals surface area contributed by atoms with Gasteiger partial charge >= 0.3 is 0 Å². The predicted octanol–water partition coefficient (Wildman–Crippen LogP) is 2.58. The van der Waals surface area contributed by atoms with Crippen molar-refractivity contribution < 1.29 is 4.79 Å². The fourth-order valence-electron chi connectivity index (χ4n) is 1.79. The fourth-order valence-corrected chi connectivity index (χ4v) is 1.79. The molecule has 3 nitrogen and oxygen atoms in total. The third kappa shape index (κ3) is 3.77. The number of nitrogens with one attached hydrogen (secondary N) is 1. The molecular formula is C14H22N2O. The van der Waals surface area contributed by atoms with Gasteiger partial charge in [0, 0.05) is 18.8 Å². The monoisotopic (exact) mass is 234 g/mol. The lowest BCUT2D eigenvalue weighted by atomic mass is 10.1. The van der Waals surface area contributed by atoms with E-state index in [4.69, 9.17) is 0 Å². The molecule has 0 radical (unpaired) electrons. The van der Waals surface area contributed by atoms with Crippen LogP contribution in [0.25, 0.3) is 0 Å². The van der Waals surface area contributed by atoms with Gasteiger partial charge in [-0.2, -0.15) is 0 Å². The Kier molecular flexibility index (Phi) is 5.01. The van der Waals surface area contributed by atoms with Crippen molar-refractivity contribution in [3.63, 3.8) is 0 Å². The van der Waals surface area contributed by atoms with Gasteiger partial charge in [0.1, 0.15) is 0 Å². The minimum atomic E-state index is 0.149. The summed E-state index contributed by atoms with van der Waals surface area (Å²) >= 11 is 0. The van der Waals surface area contributed by atoms with Crippen molar-refractivity contribution in [3.8, 4) is 0 Å². The molecule has 0 aromatic heterocycles. The van der Waals surface area contributed by atoms with E-state index in [-0.39, 0.29) is 5.91 Å². The Morgan fingerprint density at radius 2 is 1.88 bits per heavy atom. The van der Waals surface area contributed by atoms with E-state index in [0.29, 0.717) is 6.54 Å². The Hall–Kier alpha value is -1.51. The second kappa shape index (κ2) is 6.28. The highest BCUT2D eigenvalue weighted by atomic mass is 16.2. The molecule has 1 aromatic carbocycles. The van der Waals surface area contributed by atoms with Gasteiger partial charge in [0.05, 0.1) is 6.54 Å². The van der Waals surface area contributed by atoms with Gasteiger partial charge < -0.3 is 10.2 Å². The van der Waals surface area contributed by atoms with Gasteiger partial charge in [-0.25, -0.2) is 0 Å². The molecule has 0 heterocycles. The third-order valence-electron chi connectivity index (χ3n) is 2.94. The Morgan fingerprint density at radius 3 is 2.47 bits per heavy atom. The molecule has 0 aliphatic rings. The smallest absolute Gasteiger partial charge is 0.241 e. The second-order valence-electron chi connectivity index (χ2n) is 4.24. The van der Waals surface area contributed by atoms with E-state index in [1.807, 2.05) is 25.7 Å². The Labute approximate surface area is 104 Å². The van der Waals surface area contributed by atoms with Gasteiger partial charge in [-0.05, 0) is 44.9 Å². The van der Waals surface area contributed by atoms with Crippen molar-refractivity contribution in [2.24, 2.45) is 0 Å². The number of rotatable bonds is 5. The lowest BCUT2D eigenvalue weighted by Gasteiger charge is -2.19. The summed E-state index contributed by atoms with van der Waals surface area (Å²) in [6, 6.07) is 6.22. The van der Waals surface area contributed by atoms with Crippen LogP contribution in [0.4, 0.5) is 5.69 Å². The van der Waals surface area contributed by atoms with Gasteiger partial charge in [0.15, 0.2) is 0 Å². The molecule has 0 saturated heterocycles. The Balaban J connectivity index is 2.61. The highest BCUT2D eigenvalue weighted by Crippen LogP contribution is 2.15. The largest absolute Gasteiger partial charge is 0.376 e. The van der Waals surface area contributed by atoms with Crippen molar-refractivity contribution in [1.29, 1.82) is 0 Å². The second-order valence-corrected chi connectivity index (χ2v) is 4.24. The van der Waals surface area contributed by atoms with E-state index >= 15 is 0 Å². The number of carbonyl (C=O) groups excluding carboxylic acids is 1. The molecule has 0 aliphatic heterocycles. The highest BCUT2D eigenvalue weighted by molar-refractivity contribution is 5.81. The van der Waals surface area contributed by atoms with Crippen molar-refractivity contribution >= 4 is 11.6 Å². The summed E-state index contributed by atoms with van der Waals surface area (Å²) in [5.74, 6) is 0.149. The zero-order valence-electron chi connectivity index (χ0n) is 11.2. The molecule has 1 rings (SSSR count). The van der Waals surface area contributed by atoms with Crippen LogP contribution < -0.4 is 5.32 Å². The number of benzene rings is 1. The fraction of sp³-hybridized carbons (Fsp3) is 0.500. The van der Waals surface area contributed by atoms with Gasteiger partial charge in [-0.1, -0.05) is 12.1 Å². The first-order chi connectivity index (χ1) is 8.08. The number of hydrogen-bond acceptors (Lipinski definition) is 2. The van der Waals surface area contributed by atoms with Gasteiger partial charge in [0.2, 0.25) is 5.91 Å². The van der Waals surface area contributed by atoms with Crippen LogP contribution in [0.1, 0.15) is 25.0 Å². The molecule has 1 amide bonds. The summed E-state index contributed by atoms with van der Waals surface area (Å²) in [6.45, 7) is 10.00. The molecule has 3 heteroatoms. The molecule has 0 unspecified atom stereocenters. The van der Waals surface area contributed by atoms with E-state index in [0.717, 1.165) is 18.8 Å². The Morgan fingerprint density at radius 1 is 1.24 bits per heavy atom. The van der Waals surface area contributed by atoms with Crippen LogP contribution in [0.2, 0.25) is 0 Å². The van der Waals surface area contributed by atoms with Crippen LogP contribution in [0.5, 0.6) is 0 Å². The van der Waals surface area contributed by atoms with Crippen LogP contribution in [0.3, 0.4) is 0 Å². The third-order valence-corrected chi connectivity index (χ3v) is 2.94. The van der Waals surface area contributed by atoms with E-state index in [9.17, 15) is 4.79 Å². The van der Waals surface area contributed by atoms with Crippen molar-refractivity contribution in [1.82, 2.24) is 4.90 Å². The predicted molar refractivity (Wildman–Crippen MR) is 72.3 cm³/mol. The average molecular weight is 234 g/mol. The number of nitrogens with zero attached hydrogens (tertiary/aromatic N) is 1. The van der Waals surface area contributed by atoms with E-state index in [2.05, 4.69) is 30.4 Å². The number of likely N-dealkylation sites (N-methyl/N-ethyl adjacent to an activating group) is 1. The topological polar surface area (TPSA) is 32.3 Å². The van der Waals surface area contributed by atoms with Crippen LogP contribution in [-0.4, -0.2) is 30.4 Å². The normalized spacial score (nSPS) is 10.1. The first-order valence-corrected chi connectivity index (χ1v) is 6.17. The van der Waals surface area contributed by atoms with Gasteiger partial charge in [-0.3, -0.25) is 4.79 Å². The number of anilines is 1. The molecule has 1 N–H and O–H groups in total. The molecule has 0 spiro atoms. The molecule has 0 atom stereocenters. The van der Waals surface area contributed by atoms with E-state index in [1.165, 1.54) is 11.1 Å². The zero-order chi connectivity index (χ0) is 12.8. The number of hydrogen-bond donors (Lipinski definition) is 1. The standard InChI is InChI=1S/C14H22N2O/c1-5-16(6-2)14(17)10-15-13-9-11(3)7-8-12(13)4/h7-9,15H,5-6,10H2,1-4H3. The highest BCUT2D eigenvalue weighted by Gasteiger charge is 2.09. The summed E-state index contributed by atoms with van der Waals surface area (Å²) in [6.07, 6.45) is 0. The first-order valence-electron chi connectivity index (χ1n) is 6.17. The van der Waals surface area contributed by atoms with Crippen LogP contribution in [0.15, 0.2) is 18.2 Å². The van der Waals surface area contributed by atoms with Crippen LogP contribution in [0, 0.1) is 13.8 Å². The molecule has 0 fully saturated rings. The number of carbonyl (C=O) groups is 1. The molecule has 0 aliphatic carbocycles. The molecule has 0 bridgehead atoms. The summed E-state index contributed by atoms with van der Waals surface area (Å²) in [5.41, 5.74) is 3.42. The summed E-state index contributed by atoms with van der Waals surface area (Å²) in [4.78, 5) is 13.7. The molecule has 17 heavy (non-hydrogen) atoms. The SMILES string of the molecule is CCN(CC)C(=O)CNc1cc(C)ccc1C.